The van der Waals surface area contributed by atoms with Gasteiger partial charge < -0.3 is 11.5 Å². The molecule has 0 bridgehead atoms. The SMILES string of the molecule is CC(C)C(CN)C(N)c1cccs1. The third kappa shape index (κ3) is 2.53. The average Bonchev–Trinajstić information content (AvgIpc) is 2.56. The van der Waals surface area contributed by atoms with Crippen LogP contribution in [0.3, 0.4) is 0 Å². The van der Waals surface area contributed by atoms with E-state index in [1.807, 2.05) is 6.07 Å². The Kier molecular flexibility index (Phi) is 3.90. The molecule has 0 aromatic carbocycles. The number of rotatable bonds is 4. The maximum Gasteiger partial charge on any atom is 0.0432 e. The van der Waals surface area contributed by atoms with Crippen molar-refractivity contribution in [3.05, 3.63) is 22.4 Å². The summed E-state index contributed by atoms with van der Waals surface area (Å²) in [5.41, 5.74) is 11.8. The molecule has 74 valence electrons. The maximum atomic E-state index is 6.13. The van der Waals surface area contributed by atoms with Gasteiger partial charge in [0.05, 0.1) is 0 Å². The van der Waals surface area contributed by atoms with Crippen molar-refractivity contribution < 1.29 is 0 Å². The van der Waals surface area contributed by atoms with E-state index in [0.717, 1.165) is 0 Å². The summed E-state index contributed by atoms with van der Waals surface area (Å²) < 4.78 is 0. The molecule has 0 radical (unpaired) electrons. The topological polar surface area (TPSA) is 52.0 Å². The average molecular weight is 198 g/mol. The van der Waals surface area contributed by atoms with Crippen LogP contribution in [-0.2, 0) is 0 Å². The zero-order valence-electron chi connectivity index (χ0n) is 8.23. The van der Waals surface area contributed by atoms with E-state index < -0.39 is 0 Å². The molecule has 0 aliphatic carbocycles. The van der Waals surface area contributed by atoms with Crippen LogP contribution >= 0.6 is 11.3 Å². The fourth-order valence-corrected chi connectivity index (χ4v) is 2.33. The molecule has 0 amide bonds. The quantitative estimate of drug-likeness (QED) is 0.777. The second kappa shape index (κ2) is 4.74. The van der Waals surface area contributed by atoms with Gasteiger partial charge in [0, 0.05) is 10.9 Å². The van der Waals surface area contributed by atoms with Crippen molar-refractivity contribution in [3.8, 4) is 0 Å². The summed E-state index contributed by atoms with van der Waals surface area (Å²) in [6, 6.07) is 4.22. The van der Waals surface area contributed by atoms with Crippen molar-refractivity contribution in [2.45, 2.75) is 19.9 Å². The number of hydrogen-bond donors (Lipinski definition) is 2. The Hall–Kier alpha value is -0.380. The first-order chi connectivity index (χ1) is 6.16. The van der Waals surface area contributed by atoms with E-state index >= 15 is 0 Å². The van der Waals surface area contributed by atoms with Crippen molar-refractivity contribution in [2.24, 2.45) is 23.3 Å². The molecule has 0 saturated heterocycles. The van der Waals surface area contributed by atoms with Gasteiger partial charge in [0.15, 0.2) is 0 Å². The molecule has 3 heteroatoms. The zero-order chi connectivity index (χ0) is 9.84. The van der Waals surface area contributed by atoms with E-state index in [2.05, 4.69) is 25.3 Å². The van der Waals surface area contributed by atoms with Gasteiger partial charge in [0.1, 0.15) is 0 Å². The first-order valence-corrected chi connectivity index (χ1v) is 5.53. The minimum absolute atomic E-state index is 0.102. The highest BCUT2D eigenvalue weighted by atomic mass is 32.1. The molecule has 1 heterocycles. The van der Waals surface area contributed by atoms with Crippen LogP contribution in [0.5, 0.6) is 0 Å². The van der Waals surface area contributed by atoms with E-state index in [1.165, 1.54) is 4.88 Å². The Morgan fingerprint density at radius 2 is 2.15 bits per heavy atom. The molecule has 0 spiro atoms. The Balaban J connectivity index is 2.70. The second-order valence-corrected chi connectivity index (χ2v) is 4.66. The Bertz CT molecular complexity index is 231. The van der Waals surface area contributed by atoms with Crippen LogP contribution in [-0.4, -0.2) is 6.54 Å². The van der Waals surface area contributed by atoms with Gasteiger partial charge in [-0.05, 0) is 29.8 Å². The Morgan fingerprint density at radius 1 is 1.46 bits per heavy atom. The summed E-state index contributed by atoms with van der Waals surface area (Å²) in [6.45, 7) is 5.01. The molecule has 2 unspecified atom stereocenters. The molecule has 0 saturated carbocycles. The third-order valence-electron chi connectivity index (χ3n) is 2.46. The highest BCUT2D eigenvalue weighted by Gasteiger charge is 2.21. The van der Waals surface area contributed by atoms with Gasteiger partial charge in [-0.25, -0.2) is 0 Å². The van der Waals surface area contributed by atoms with Crippen molar-refractivity contribution in [2.75, 3.05) is 6.54 Å². The highest BCUT2D eigenvalue weighted by Crippen LogP contribution is 2.27. The third-order valence-corrected chi connectivity index (χ3v) is 3.44. The van der Waals surface area contributed by atoms with Crippen molar-refractivity contribution in [3.63, 3.8) is 0 Å². The lowest BCUT2D eigenvalue weighted by atomic mass is 9.88. The fourth-order valence-electron chi connectivity index (χ4n) is 1.53. The van der Waals surface area contributed by atoms with Crippen LogP contribution < -0.4 is 11.5 Å². The highest BCUT2D eigenvalue weighted by molar-refractivity contribution is 7.10. The monoisotopic (exact) mass is 198 g/mol. The van der Waals surface area contributed by atoms with Crippen molar-refractivity contribution in [1.82, 2.24) is 0 Å². The van der Waals surface area contributed by atoms with Crippen LogP contribution in [0.2, 0.25) is 0 Å². The molecule has 1 aromatic heterocycles. The van der Waals surface area contributed by atoms with Crippen LogP contribution in [0, 0.1) is 11.8 Å². The van der Waals surface area contributed by atoms with Gasteiger partial charge in [-0.2, -0.15) is 0 Å². The molecule has 0 fully saturated rings. The molecule has 1 aromatic rings. The van der Waals surface area contributed by atoms with Gasteiger partial charge in [-0.15, -0.1) is 11.3 Å². The summed E-state index contributed by atoms with van der Waals surface area (Å²) in [7, 11) is 0. The van der Waals surface area contributed by atoms with Crippen molar-refractivity contribution >= 4 is 11.3 Å². The summed E-state index contributed by atoms with van der Waals surface area (Å²) in [5, 5.41) is 2.06. The minimum Gasteiger partial charge on any atom is -0.330 e. The lowest BCUT2D eigenvalue weighted by molar-refractivity contribution is 0.334. The van der Waals surface area contributed by atoms with E-state index in [-0.39, 0.29) is 6.04 Å². The summed E-state index contributed by atoms with van der Waals surface area (Å²) in [4.78, 5) is 1.24. The van der Waals surface area contributed by atoms with E-state index in [0.29, 0.717) is 18.4 Å². The maximum absolute atomic E-state index is 6.13. The molecule has 2 nitrogen and oxygen atoms in total. The van der Waals surface area contributed by atoms with Gasteiger partial charge >= 0.3 is 0 Å². The predicted molar refractivity (Wildman–Crippen MR) is 58.6 cm³/mol. The first-order valence-electron chi connectivity index (χ1n) is 4.66. The molecular weight excluding hydrogens is 180 g/mol. The molecule has 13 heavy (non-hydrogen) atoms. The number of thiophene rings is 1. The fraction of sp³-hybridized carbons (Fsp3) is 0.600. The molecule has 2 atom stereocenters. The van der Waals surface area contributed by atoms with Crippen LogP contribution in [0.15, 0.2) is 17.5 Å². The number of nitrogens with two attached hydrogens (primary N) is 2. The smallest absolute Gasteiger partial charge is 0.0432 e. The second-order valence-electron chi connectivity index (χ2n) is 3.68. The first kappa shape index (κ1) is 10.7. The minimum atomic E-state index is 0.102. The van der Waals surface area contributed by atoms with Crippen LogP contribution in [0.1, 0.15) is 24.8 Å². The predicted octanol–water partition coefficient (Wildman–Crippen LogP) is 1.98. The molecule has 0 aliphatic heterocycles. The molecule has 1 rings (SSSR count). The van der Waals surface area contributed by atoms with Crippen LogP contribution in [0.4, 0.5) is 0 Å². The van der Waals surface area contributed by atoms with Gasteiger partial charge in [0.25, 0.3) is 0 Å². The summed E-state index contributed by atoms with van der Waals surface area (Å²) in [5.74, 6) is 0.931. The zero-order valence-corrected chi connectivity index (χ0v) is 9.05. The van der Waals surface area contributed by atoms with E-state index in [4.69, 9.17) is 11.5 Å². The number of hydrogen-bond acceptors (Lipinski definition) is 3. The largest absolute Gasteiger partial charge is 0.330 e. The Morgan fingerprint density at radius 3 is 2.54 bits per heavy atom. The van der Waals surface area contributed by atoms with Crippen LogP contribution in [0.25, 0.3) is 0 Å². The molecular formula is C10H18N2S. The lowest BCUT2D eigenvalue weighted by Gasteiger charge is -2.24. The van der Waals surface area contributed by atoms with Crippen molar-refractivity contribution in [1.29, 1.82) is 0 Å². The summed E-state index contributed by atoms with van der Waals surface area (Å²) >= 11 is 1.71. The Labute approximate surface area is 83.9 Å². The van der Waals surface area contributed by atoms with E-state index in [9.17, 15) is 0 Å². The summed E-state index contributed by atoms with van der Waals surface area (Å²) in [6.07, 6.45) is 0. The molecule has 0 aliphatic rings. The normalized spacial score (nSPS) is 16.1. The standard InChI is InChI=1S/C10H18N2S/c1-7(2)8(6-11)10(12)9-4-3-5-13-9/h3-5,7-8,10H,6,11-12H2,1-2H3. The van der Waals surface area contributed by atoms with Gasteiger partial charge in [-0.1, -0.05) is 19.9 Å². The van der Waals surface area contributed by atoms with Gasteiger partial charge in [-0.3, -0.25) is 0 Å². The molecule has 4 N–H and O–H groups in total. The lowest BCUT2D eigenvalue weighted by Crippen LogP contribution is -2.31. The van der Waals surface area contributed by atoms with Gasteiger partial charge in [0.2, 0.25) is 0 Å². The van der Waals surface area contributed by atoms with E-state index in [1.54, 1.807) is 11.3 Å².